The molecule has 42 heavy (non-hydrogen) atoms. The van der Waals surface area contributed by atoms with Gasteiger partial charge in [0.2, 0.25) is 23.1 Å². The lowest BCUT2D eigenvalue weighted by Gasteiger charge is -2.39. The van der Waals surface area contributed by atoms with E-state index in [2.05, 4.69) is 70.5 Å². The number of ketones is 2. The standard InChI is InChI=1S/C36H46N2O4/c1-41-35-33(39)30-25-27(26-31(30)34(40)36(35)42-2)15-9-5-3-4-6-14-20-37-21-23-38(24-22-37)32(28-16-10-7-11-17-28)29-18-12-8-13-19-29/h7-8,10-13,16-19,27,32H,3-6,9,14-15,20-26H2,1-2H3. The molecule has 1 aliphatic heterocycles. The second kappa shape index (κ2) is 14.8. The van der Waals surface area contributed by atoms with Gasteiger partial charge in [0.25, 0.3) is 0 Å². The van der Waals surface area contributed by atoms with Gasteiger partial charge in [-0.1, -0.05) is 92.8 Å². The maximum absolute atomic E-state index is 12.8. The summed E-state index contributed by atoms with van der Waals surface area (Å²) in [5.74, 6) is 0.166. The Hall–Kier alpha value is -3.22. The van der Waals surface area contributed by atoms with Crippen molar-refractivity contribution in [2.45, 2.75) is 63.8 Å². The van der Waals surface area contributed by atoms with Gasteiger partial charge in [-0.3, -0.25) is 14.5 Å². The topological polar surface area (TPSA) is 59.1 Å². The molecule has 5 rings (SSSR count). The zero-order valence-electron chi connectivity index (χ0n) is 25.4. The molecule has 0 atom stereocenters. The van der Waals surface area contributed by atoms with Crippen LogP contribution in [0.1, 0.15) is 75.0 Å². The molecule has 0 aromatic heterocycles. The van der Waals surface area contributed by atoms with Gasteiger partial charge in [0.1, 0.15) is 0 Å². The van der Waals surface area contributed by atoms with E-state index in [1.54, 1.807) is 0 Å². The van der Waals surface area contributed by atoms with E-state index in [0.29, 0.717) is 35.9 Å². The molecule has 2 aromatic carbocycles. The van der Waals surface area contributed by atoms with Gasteiger partial charge in [-0.2, -0.15) is 0 Å². The molecule has 0 amide bonds. The Morgan fingerprint density at radius 2 is 1.14 bits per heavy atom. The van der Waals surface area contributed by atoms with Crippen LogP contribution in [0.4, 0.5) is 0 Å². The first-order chi connectivity index (χ1) is 20.6. The summed E-state index contributed by atoms with van der Waals surface area (Å²) in [6.45, 7) is 5.65. The molecule has 1 saturated heterocycles. The number of nitrogens with zero attached hydrogens (tertiary/aromatic N) is 2. The highest BCUT2D eigenvalue weighted by Crippen LogP contribution is 2.41. The van der Waals surface area contributed by atoms with Crippen LogP contribution < -0.4 is 0 Å². The Kier molecular flexibility index (Phi) is 10.7. The van der Waals surface area contributed by atoms with E-state index in [9.17, 15) is 9.59 Å². The van der Waals surface area contributed by atoms with E-state index in [1.165, 1.54) is 64.0 Å². The summed E-state index contributed by atoms with van der Waals surface area (Å²) < 4.78 is 10.4. The van der Waals surface area contributed by atoms with Crippen molar-refractivity contribution in [1.82, 2.24) is 9.80 Å². The van der Waals surface area contributed by atoms with Crippen LogP contribution in [0.2, 0.25) is 0 Å². The maximum atomic E-state index is 12.8. The number of ether oxygens (including phenoxy) is 2. The molecule has 0 spiro atoms. The van der Waals surface area contributed by atoms with Crippen molar-refractivity contribution >= 4 is 11.6 Å². The highest BCUT2D eigenvalue weighted by atomic mass is 16.5. The van der Waals surface area contributed by atoms with E-state index in [4.69, 9.17) is 9.47 Å². The number of hydrogen-bond acceptors (Lipinski definition) is 6. The molecule has 6 heteroatoms. The quantitative estimate of drug-likeness (QED) is 0.191. The van der Waals surface area contributed by atoms with Gasteiger partial charge in [-0.05, 0) is 49.3 Å². The van der Waals surface area contributed by atoms with Gasteiger partial charge in [-0.15, -0.1) is 0 Å². The summed E-state index contributed by atoms with van der Waals surface area (Å²) in [5, 5.41) is 0. The first kappa shape index (κ1) is 30.2. The van der Waals surface area contributed by atoms with E-state index in [0.717, 1.165) is 39.0 Å². The Morgan fingerprint density at radius 1 is 0.667 bits per heavy atom. The molecule has 1 heterocycles. The summed E-state index contributed by atoms with van der Waals surface area (Å²) in [4.78, 5) is 30.8. The fourth-order valence-electron chi connectivity index (χ4n) is 7.02. The average molecular weight is 571 g/mol. The lowest BCUT2D eigenvalue weighted by molar-refractivity contribution is -0.121. The SMILES string of the molecule is COC1=C(OC)C(=O)C2=C(CC(CCCCCCCCN3CCN(C(c4ccccc4)c4ccccc4)CC3)C2)C1=O. The average Bonchev–Trinajstić information content (AvgIpc) is 3.47. The molecule has 1 fully saturated rings. The molecule has 0 N–H and O–H groups in total. The zero-order chi connectivity index (χ0) is 29.3. The molecule has 2 aliphatic carbocycles. The second-order valence-corrected chi connectivity index (χ2v) is 12.0. The van der Waals surface area contributed by atoms with Crippen molar-refractivity contribution in [3.05, 3.63) is 94.5 Å². The summed E-state index contributed by atoms with van der Waals surface area (Å²) in [6, 6.07) is 22.2. The Morgan fingerprint density at radius 3 is 1.64 bits per heavy atom. The van der Waals surface area contributed by atoms with Crippen LogP contribution in [-0.4, -0.2) is 68.3 Å². The number of carbonyl (C=O) groups is 2. The largest absolute Gasteiger partial charge is 0.489 e. The van der Waals surface area contributed by atoms with Crippen LogP contribution in [-0.2, 0) is 19.1 Å². The minimum atomic E-state index is -0.167. The monoisotopic (exact) mass is 570 g/mol. The molecule has 0 unspecified atom stereocenters. The van der Waals surface area contributed by atoms with Crippen LogP contribution in [0.15, 0.2) is 83.3 Å². The number of benzene rings is 2. The Bertz CT molecular complexity index is 1180. The summed E-state index contributed by atoms with van der Waals surface area (Å²) in [7, 11) is 2.84. The normalized spacial score (nSPS) is 18.7. The zero-order valence-corrected chi connectivity index (χ0v) is 25.4. The molecular weight excluding hydrogens is 524 g/mol. The van der Waals surface area contributed by atoms with Gasteiger partial charge in [0, 0.05) is 37.3 Å². The van der Waals surface area contributed by atoms with E-state index in [1.807, 2.05) is 0 Å². The third-order valence-electron chi connectivity index (χ3n) is 9.26. The Labute approximate surface area is 251 Å². The highest BCUT2D eigenvalue weighted by Gasteiger charge is 2.41. The predicted molar refractivity (Wildman–Crippen MR) is 166 cm³/mol. The molecule has 2 aromatic rings. The number of allylic oxidation sites excluding steroid dienone is 2. The number of rotatable bonds is 14. The smallest absolute Gasteiger partial charge is 0.228 e. The maximum Gasteiger partial charge on any atom is 0.228 e. The number of carbonyl (C=O) groups excluding carboxylic acids is 2. The van der Waals surface area contributed by atoms with Crippen LogP contribution in [0.25, 0.3) is 0 Å². The molecule has 3 aliphatic rings. The Balaban J connectivity index is 0.955. The predicted octanol–water partition coefficient (Wildman–Crippen LogP) is 6.49. The summed E-state index contributed by atoms with van der Waals surface area (Å²) >= 11 is 0. The lowest BCUT2D eigenvalue weighted by atomic mass is 9.94. The van der Waals surface area contributed by atoms with Gasteiger partial charge >= 0.3 is 0 Å². The lowest BCUT2D eigenvalue weighted by Crippen LogP contribution is -2.48. The van der Waals surface area contributed by atoms with Crippen LogP contribution in [0, 0.1) is 5.92 Å². The van der Waals surface area contributed by atoms with Crippen LogP contribution >= 0.6 is 0 Å². The third kappa shape index (κ3) is 7.04. The van der Waals surface area contributed by atoms with Crippen molar-refractivity contribution in [3.63, 3.8) is 0 Å². The first-order valence-corrected chi connectivity index (χ1v) is 15.8. The number of Topliss-reactive ketones (excluding diaryl/α,β-unsaturated/α-hetero) is 2. The number of piperazine rings is 1. The third-order valence-corrected chi connectivity index (χ3v) is 9.26. The number of unbranched alkanes of at least 4 members (excludes halogenated alkanes) is 5. The molecule has 0 radical (unpaired) electrons. The second-order valence-electron chi connectivity index (χ2n) is 12.0. The molecule has 0 bridgehead atoms. The molecule has 6 nitrogen and oxygen atoms in total. The highest BCUT2D eigenvalue weighted by molar-refractivity contribution is 6.24. The van der Waals surface area contributed by atoms with Crippen molar-refractivity contribution in [1.29, 1.82) is 0 Å². The van der Waals surface area contributed by atoms with Gasteiger partial charge in [-0.25, -0.2) is 0 Å². The van der Waals surface area contributed by atoms with E-state index in [-0.39, 0.29) is 23.1 Å². The van der Waals surface area contributed by atoms with E-state index >= 15 is 0 Å². The molecular formula is C36H46N2O4. The fraction of sp³-hybridized carbons (Fsp3) is 0.500. The number of hydrogen-bond donors (Lipinski definition) is 0. The summed E-state index contributed by atoms with van der Waals surface area (Å²) in [6.07, 6.45) is 9.89. The summed E-state index contributed by atoms with van der Waals surface area (Å²) in [5.41, 5.74) is 4.05. The first-order valence-electron chi connectivity index (χ1n) is 15.8. The van der Waals surface area contributed by atoms with Gasteiger partial charge in [0.05, 0.1) is 20.3 Å². The van der Waals surface area contributed by atoms with Gasteiger partial charge in [0.15, 0.2) is 0 Å². The molecule has 224 valence electrons. The van der Waals surface area contributed by atoms with Crippen LogP contribution in [0.3, 0.4) is 0 Å². The molecule has 0 saturated carbocycles. The van der Waals surface area contributed by atoms with Crippen molar-refractivity contribution in [3.8, 4) is 0 Å². The van der Waals surface area contributed by atoms with E-state index < -0.39 is 0 Å². The minimum absolute atomic E-state index is 0.0624. The van der Waals surface area contributed by atoms with Crippen LogP contribution in [0.5, 0.6) is 0 Å². The number of methoxy groups -OCH3 is 2. The van der Waals surface area contributed by atoms with Crippen molar-refractivity contribution in [2.24, 2.45) is 5.92 Å². The minimum Gasteiger partial charge on any atom is -0.489 e. The fourth-order valence-corrected chi connectivity index (χ4v) is 7.02. The van der Waals surface area contributed by atoms with Crippen molar-refractivity contribution < 1.29 is 19.1 Å². The van der Waals surface area contributed by atoms with Gasteiger partial charge < -0.3 is 14.4 Å². The van der Waals surface area contributed by atoms with Crippen molar-refractivity contribution in [2.75, 3.05) is 46.9 Å².